The summed E-state index contributed by atoms with van der Waals surface area (Å²) in [5.41, 5.74) is 5.44. The molecule has 2 nitrogen and oxygen atoms in total. The van der Waals surface area contributed by atoms with Crippen LogP contribution in [-0.4, -0.2) is 9.55 Å². The van der Waals surface area contributed by atoms with E-state index in [1.54, 1.807) is 0 Å². The number of benzene rings is 3. The summed E-state index contributed by atoms with van der Waals surface area (Å²) in [5, 5.41) is 0.718. The fourth-order valence-corrected chi connectivity index (χ4v) is 3.44. The highest BCUT2D eigenvalue weighted by atomic mass is 35.5. The van der Waals surface area contributed by atoms with E-state index in [9.17, 15) is 0 Å². The summed E-state index contributed by atoms with van der Waals surface area (Å²) in [7, 11) is 0. The summed E-state index contributed by atoms with van der Waals surface area (Å²) in [6.07, 6.45) is 6.21. The third kappa shape index (κ3) is 3.92. The molecule has 0 aliphatic rings. The van der Waals surface area contributed by atoms with Gasteiger partial charge in [0.2, 0.25) is 0 Å². The van der Waals surface area contributed by atoms with Crippen LogP contribution >= 0.6 is 11.6 Å². The van der Waals surface area contributed by atoms with E-state index in [2.05, 4.69) is 78.4 Å². The normalized spacial score (nSPS) is 11.2. The minimum Gasteiger partial charge on any atom is -0.331 e. The monoisotopic (exact) mass is 384 g/mol. The molecule has 0 aliphatic carbocycles. The lowest BCUT2D eigenvalue weighted by Gasteiger charge is -2.02. The molecule has 0 bridgehead atoms. The first kappa shape index (κ1) is 18.3. The molecule has 0 saturated heterocycles. The molecule has 4 rings (SSSR count). The van der Waals surface area contributed by atoms with Gasteiger partial charge in [-0.05, 0) is 35.8 Å². The predicted molar refractivity (Wildman–Crippen MR) is 119 cm³/mol. The third-order valence-corrected chi connectivity index (χ3v) is 5.07. The van der Waals surface area contributed by atoms with Gasteiger partial charge in [-0.15, -0.1) is 0 Å². The van der Waals surface area contributed by atoms with Crippen LogP contribution in [-0.2, 0) is 6.54 Å². The van der Waals surface area contributed by atoms with Crippen molar-refractivity contribution >= 4 is 23.8 Å². The number of aromatic nitrogens is 2. The van der Waals surface area contributed by atoms with E-state index in [1.807, 2.05) is 30.3 Å². The number of hydrogen-bond acceptors (Lipinski definition) is 1. The first-order chi connectivity index (χ1) is 13.7. The molecular formula is C25H21ClN2. The molecule has 3 aromatic carbocycles. The first-order valence-corrected chi connectivity index (χ1v) is 9.78. The number of rotatable bonds is 5. The average molecular weight is 385 g/mol. The Kier molecular flexibility index (Phi) is 5.41. The lowest BCUT2D eigenvalue weighted by atomic mass is 10.0. The molecule has 0 saturated carbocycles. The van der Waals surface area contributed by atoms with Crippen LogP contribution in [0.25, 0.3) is 34.5 Å². The van der Waals surface area contributed by atoms with Gasteiger partial charge in [-0.25, -0.2) is 4.98 Å². The Balaban J connectivity index is 1.59. The molecular weight excluding hydrogens is 364 g/mol. The molecule has 0 unspecified atom stereocenters. The second kappa shape index (κ2) is 8.28. The Bertz CT molecular complexity index is 1090. The van der Waals surface area contributed by atoms with Crippen LogP contribution in [0, 0.1) is 0 Å². The molecule has 0 aliphatic heterocycles. The van der Waals surface area contributed by atoms with Crippen LogP contribution in [0.15, 0.2) is 85.1 Å². The van der Waals surface area contributed by atoms with Crippen LogP contribution in [0.5, 0.6) is 0 Å². The molecule has 0 spiro atoms. The Hall–Kier alpha value is -3.10. The van der Waals surface area contributed by atoms with Crippen LogP contribution in [0.3, 0.4) is 0 Å². The fraction of sp³-hybridized carbons (Fsp3) is 0.0800. The fourth-order valence-electron chi connectivity index (χ4n) is 3.20. The first-order valence-electron chi connectivity index (χ1n) is 9.40. The number of hydrogen-bond donors (Lipinski definition) is 0. The van der Waals surface area contributed by atoms with Gasteiger partial charge in [-0.2, -0.15) is 0 Å². The molecule has 0 N–H and O–H groups in total. The minimum atomic E-state index is 0.718. The lowest BCUT2D eigenvalue weighted by molar-refractivity contribution is 0.753. The van der Waals surface area contributed by atoms with E-state index >= 15 is 0 Å². The van der Waals surface area contributed by atoms with Crippen LogP contribution in [0.2, 0.25) is 5.02 Å². The standard InChI is InChI=1S/C25H21ClN2/c1-2-28-18-24(22-10-6-7-11-23(22)26)27-25(28)17-14-19-12-15-21(16-13-19)20-8-4-3-5-9-20/h3-18H,2H2,1H3/b17-14+. The van der Waals surface area contributed by atoms with E-state index in [4.69, 9.17) is 16.6 Å². The molecule has 4 aromatic rings. The van der Waals surface area contributed by atoms with Crippen molar-refractivity contribution in [3.8, 4) is 22.4 Å². The van der Waals surface area contributed by atoms with Crippen LogP contribution in [0.4, 0.5) is 0 Å². The van der Waals surface area contributed by atoms with Crippen molar-refractivity contribution in [3.63, 3.8) is 0 Å². The Morgan fingerprint density at radius 2 is 1.50 bits per heavy atom. The minimum absolute atomic E-state index is 0.718. The quantitative estimate of drug-likeness (QED) is 0.360. The predicted octanol–water partition coefficient (Wildman–Crippen LogP) is 7.06. The van der Waals surface area contributed by atoms with Crippen LogP contribution in [0.1, 0.15) is 18.3 Å². The maximum atomic E-state index is 6.33. The van der Waals surface area contributed by atoms with Gasteiger partial charge in [0.1, 0.15) is 5.82 Å². The molecule has 138 valence electrons. The topological polar surface area (TPSA) is 17.8 Å². The summed E-state index contributed by atoms with van der Waals surface area (Å²) >= 11 is 6.33. The maximum absolute atomic E-state index is 6.33. The van der Waals surface area contributed by atoms with E-state index in [1.165, 1.54) is 11.1 Å². The molecule has 0 amide bonds. The number of aryl methyl sites for hydroxylation is 1. The van der Waals surface area contributed by atoms with Crippen molar-refractivity contribution in [2.75, 3.05) is 0 Å². The molecule has 1 aromatic heterocycles. The van der Waals surface area contributed by atoms with E-state index < -0.39 is 0 Å². The summed E-state index contributed by atoms with van der Waals surface area (Å²) in [6.45, 7) is 2.97. The Labute approximate surface area is 170 Å². The Morgan fingerprint density at radius 1 is 0.821 bits per heavy atom. The van der Waals surface area contributed by atoms with E-state index in [0.29, 0.717) is 0 Å². The largest absolute Gasteiger partial charge is 0.331 e. The zero-order valence-corrected chi connectivity index (χ0v) is 16.5. The number of halogens is 1. The highest BCUT2D eigenvalue weighted by Gasteiger charge is 2.09. The summed E-state index contributed by atoms with van der Waals surface area (Å²) < 4.78 is 2.13. The van der Waals surface area contributed by atoms with Gasteiger partial charge >= 0.3 is 0 Å². The maximum Gasteiger partial charge on any atom is 0.133 e. The number of nitrogens with zero attached hydrogens (tertiary/aromatic N) is 2. The van der Waals surface area contributed by atoms with Crippen LogP contribution < -0.4 is 0 Å². The summed E-state index contributed by atoms with van der Waals surface area (Å²) in [6, 6.07) is 26.8. The van der Waals surface area contributed by atoms with Crippen molar-refractivity contribution in [2.45, 2.75) is 13.5 Å². The second-order valence-corrected chi connectivity index (χ2v) is 6.98. The zero-order chi connectivity index (χ0) is 19.3. The van der Waals surface area contributed by atoms with Crippen molar-refractivity contribution < 1.29 is 0 Å². The highest BCUT2D eigenvalue weighted by molar-refractivity contribution is 6.33. The Morgan fingerprint density at radius 3 is 2.21 bits per heavy atom. The molecule has 28 heavy (non-hydrogen) atoms. The number of imidazole rings is 1. The molecule has 1 heterocycles. The van der Waals surface area contributed by atoms with Gasteiger partial charge in [0.05, 0.1) is 10.7 Å². The van der Waals surface area contributed by atoms with Crippen molar-refractivity contribution in [2.24, 2.45) is 0 Å². The van der Waals surface area contributed by atoms with Gasteiger partial charge < -0.3 is 4.57 Å². The average Bonchev–Trinajstić information content (AvgIpc) is 3.16. The highest BCUT2D eigenvalue weighted by Crippen LogP contribution is 2.27. The van der Waals surface area contributed by atoms with Gasteiger partial charge in [0.15, 0.2) is 0 Å². The van der Waals surface area contributed by atoms with E-state index in [0.717, 1.165) is 34.2 Å². The third-order valence-electron chi connectivity index (χ3n) is 4.74. The summed E-state index contributed by atoms with van der Waals surface area (Å²) in [4.78, 5) is 4.78. The van der Waals surface area contributed by atoms with Gasteiger partial charge in [0, 0.05) is 18.3 Å². The molecule has 0 atom stereocenters. The zero-order valence-electron chi connectivity index (χ0n) is 15.7. The lowest BCUT2D eigenvalue weighted by Crippen LogP contribution is -1.94. The summed E-state index contributed by atoms with van der Waals surface area (Å²) in [5.74, 6) is 0.921. The van der Waals surface area contributed by atoms with Gasteiger partial charge in [-0.1, -0.05) is 90.5 Å². The van der Waals surface area contributed by atoms with Gasteiger partial charge in [-0.3, -0.25) is 0 Å². The second-order valence-electron chi connectivity index (χ2n) is 6.57. The molecule has 0 fully saturated rings. The van der Waals surface area contributed by atoms with Crippen molar-refractivity contribution in [1.82, 2.24) is 9.55 Å². The van der Waals surface area contributed by atoms with Gasteiger partial charge in [0.25, 0.3) is 0 Å². The smallest absolute Gasteiger partial charge is 0.133 e. The van der Waals surface area contributed by atoms with Crippen molar-refractivity contribution in [1.29, 1.82) is 0 Å². The van der Waals surface area contributed by atoms with Crippen molar-refractivity contribution in [3.05, 3.63) is 101 Å². The molecule has 3 heteroatoms. The molecule has 0 radical (unpaired) electrons. The van der Waals surface area contributed by atoms with E-state index in [-0.39, 0.29) is 0 Å². The SMILES string of the molecule is CCn1cc(-c2ccccc2Cl)nc1/C=C/c1ccc(-c2ccccc2)cc1.